The molecule has 1 aromatic heterocycles. The summed E-state index contributed by atoms with van der Waals surface area (Å²) in [7, 11) is 0. The van der Waals surface area contributed by atoms with Crippen molar-refractivity contribution < 1.29 is 0 Å². The standard InChI is InChI=1S/C9H11N3/c1-8-3-4-9(12-7-8)11-6-2-5-10/h3-4,7H,2,6H2,1H3,(H,11,12). The van der Waals surface area contributed by atoms with Crippen LogP contribution in [0.1, 0.15) is 12.0 Å². The normalized spacial score (nSPS) is 9.00. The van der Waals surface area contributed by atoms with Gasteiger partial charge in [-0.2, -0.15) is 5.26 Å². The van der Waals surface area contributed by atoms with Gasteiger partial charge in [-0.05, 0) is 18.6 Å². The van der Waals surface area contributed by atoms with E-state index in [1.54, 1.807) is 6.20 Å². The molecule has 1 heterocycles. The molecule has 0 atom stereocenters. The predicted octanol–water partition coefficient (Wildman–Crippen LogP) is 1.72. The summed E-state index contributed by atoms with van der Waals surface area (Å²) in [6.07, 6.45) is 2.31. The minimum Gasteiger partial charge on any atom is -0.369 e. The Labute approximate surface area is 72.1 Å². The van der Waals surface area contributed by atoms with E-state index < -0.39 is 0 Å². The molecule has 12 heavy (non-hydrogen) atoms. The second kappa shape index (κ2) is 4.35. The molecule has 0 aliphatic carbocycles. The zero-order chi connectivity index (χ0) is 8.81. The van der Waals surface area contributed by atoms with Gasteiger partial charge in [0.05, 0.1) is 12.5 Å². The van der Waals surface area contributed by atoms with Crippen LogP contribution in [0.5, 0.6) is 0 Å². The summed E-state index contributed by atoms with van der Waals surface area (Å²) in [5, 5.41) is 11.3. The maximum absolute atomic E-state index is 8.28. The van der Waals surface area contributed by atoms with E-state index in [2.05, 4.69) is 16.4 Å². The van der Waals surface area contributed by atoms with Gasteiger partial charge in [0.15, 0.2) is 0 Å². The van der Waals surface area contributed by atoms with Crippen LogP contribution in [0.25, 0.3) is 0 Å². The van der Waals surface area contributed by atoms with Crippen molar-refractivity contribution in [2.75, 3.05) is 11.9 Å². The van der Waals surface area contributed by atoms with Gasteiger partial charge >= 0.3 is 0 Å². The Bertz CT molecular complexity index is 271. The second-order valence-electron chi connectivity index (χ2n) is 2.56. The number of hydrogen-bond donors (Lipinski definition) is 1. The summed E-state index contributed by atoms with van der Waals surface area (Å²) >= 11 is 0. The molecule has 0 radical (unpaired) electrons. The van der Waals surface area contributed by atoms with E-state index in [9.17, 15) is 0 Å². The first-order valence-electron chi connectivity index (χ1n) is 3.86. The third kappa shape index (κ3) is 2.59. The van der Waals surface area contributed by atoms with E-state index in [-0.39, 0.29) is 0 Å². The molecule has 62 valence electrons. The zero-order valence-corrected chi connectivity index (χ0v) is 7.04. The molecule has 0 bridgehead atoms. The first-order chi connectivity index (χ1) is 5.83. The minimum atomic E-state index is 0.509. The number of hydrogen-bond acceptors (Lipinski definition) is 3. The average molecular weight is 161 g/mol. The number of pyridine rings is 1. The van der Waals surface area contributed by atoms with Crippen molar-refractivity contribution in [3.8, 4) is 6.07 Å². The smallest absolute Gasteiger partial charge is 0.125 e. The van der Waals surface area contributed by atoms with Crippen molar-refractivity contribution in [2.45, 2.75) is 13.3 Å². The number of nitrogens with one attached hydrogen (secondary N) is 1. The fourth-order valence-corrected chi connectivity index (χ4v) is 0.819. The highest BCUT2D eigenvalue weighted by molar-refractivity contribution is 5.35. The Kier molecular flexibility index (Phi) is 3.09. The Hall–Kier alpha value is -1.56. The summed E-state index contributed by atoms with van der Waals surface area (Å²) in [6.45, 7) is 2.65. The molecule has 0 saturated heterocycles. The summed E-state index contributed by atoms with van der Waals surface area (Å²) in [4.78, 5) is 4.13. The van der Waals surface area contributed by atoms with Crippen LogP contribution in [-0.2, 0) is 0 Å². The number of aromatic nitrogens is 1. The lowest BCUT2D eigenvalue weighted by molar-refractivity contribution is 1.05. The second-order valence-corrected chi connectivity index (χ2v) is 2.56. The Balaban J connectivity index is 2.43. The maximum Gasteiger partial charge on any atom is 0.125 e. The lowest BCUT2D eigenvalue weighted by Crippen LogP contribution is -2.01. The van der Waals surface area contributed by atoms with Crippen LogP contribution in [0.4, 0.5) is 5.82 Å². The summed E-state index contributed by atoms with van der Waals surface area (Å²) in [5.41, 5.74) is 1.14. The van der Waals surface area contributed by atoms with Crippen LogP contribution in [0.3, 0.4) is 0 Å². The van der Waals surface area contributed by atoms with Gasteiger partial charge in [0.2, 0.25) is 0 Å². The third-order valence-electron chi connectivity index (χ3n) is 1.45. The van der Waals surface area contributed by atoms with E-state index in [1.165, 1.54) is 0 Å². The van der Waals surface area contributed by atoms with Crippen LogP contribution in [0.2, 0.25) is 0 Å². The van der Waals surface area contributed by atoms with Gasteiger partial charge in [0.25, 0.3) is 0 Å². The monoisotopic (exact) mass is 161 g/mol. The van der Waals surface area contributed by atoms with E-state index in [4.69, 9.17) is 5.26 Å². The molecule has 0 unspecified atom stereocenters. The Morgan fingerprint density at radius 2 is 2.42 bits per heavy atom. The van der Waals surface area contributed by atoms with Crippen LogP contribution in [0, 0.1) is 18.3 Å². The van der Waals surface area contributed by atoms with Crippen LogP contribution < -0.4 is 5.32 Å². The lowest BCUT2D eigenvalue weighted by Gasteiger charge is -2.01. The molecule has 1 aromatic rings. The topological polar surface area (TPSA) is 48.7 Å². The molecule has 3 heteroatoms. The first-order valence-corrected chi connectivity index (χ1v) is 3.86. The molecular weight excluding hydrogens is 150 g/mol. The highest BCUT2D eigenvalue weighted by Crippen LogP contribution is 2.02. The van der Waals surface area contributed by atoms with Crippen molar-refractivity contribution in [1.82, 2.24) is 4.98 Å². The molecule has 0 amide bonds. The summed E-state index contributed by atoms with van der Waals surface area (Å²) < 4.78 is 0. The van der Waals surface area contributed by atoms with Gasteiger partial charge in [-0.1, -0.05) is 6.07 Å². The van der Waals surface area contributed by atoms with E-state index in [1.807, 2.05) is 19.1 Å². The van der Waals surface area contributed by atoms with Gasteiger partial charge < -0.3 is 5.32 Å². The predicted molar refractivity (Wildman–Crippen MR) is 47.7 cm³/mol. The van der Waals surface area contributed by atoms with Crippen molar-refractivity contribution in [2.24, 2.45) is 0 Å². The average Bonchev–Trinajstić information content (AvgIpc) is 2.09. The molecular formula is C9H11N3. The van der Waals surface area contributed by atoms with E-state index in [0.717, 1.165) is 11.4 Å². The minimum absolute atomic E-state index is 0.509. The lowest BCUT2D eigenvalue weighted by atomic mass is 10.3. The number of nitriles is 1. The molecule has 0 fully saturated rings. The highest BCUT2D eigenvalue weighted by Gasteiger charge is 1.90. The number of rotatable bonds is 3. The number of anilines is 1. The van der Waals surface area contributed by atoms with Gasteiger partial charge in [-0.15, -0.1) is 0 Å². The van der Waals surface area contributed by atoms with Crippen LogP contribution >= 0.6 is 0 Å². The molecule has 0 aliphatic rings. The highest BCUT2D eigenvalue weighted by atomic mass is 15.0. The SMILES string of the molecule is Cc1ccc(NCCC#N)nc1. The number of aryl methyl sites for hydroxylation is 1. The molecule has 0 spiro atoms. The van der Waals surface area contributed by atoms with E-state index >= 15 is 0 Å². The van der Waals surface area contributed by atoms with Gasteiger partial charge in [0.1, 0.15) is 5.82 Å². The van der Waals surface area contributed by atoms with Crippen LogP contribution in [0.15, 0.2) is 18.3 Å². The van der Waals surface area contributed by atoms with Gasteiger partial charge in [0, 0.05) is 12.7 Å². The zero-order valence-electron chi connectivity index (χ0n) is 7.04. The van der Waals surface area contributed by atoms with Crippen molar-refractivity contribution >= 4 is 5.82 Å². The summed E-state index contributed by atoms with van der Waals surface area (Å²) in [6, 6.07) is 5.96. The quantitative estimate of drug-likeness (QED) is 0.686. The third-order valence-corrected chi connectivity index (χ3v) is 1.45. The van der Waals surface area contributed by atoms with Gasteiger partial charge in [-0.3, -0.25) is 0 Å². The molecule has 3 nitrogen and oxygen atoms in total. The van der Waals surface area contributed by atoms with Crippen LogP contribution in [-0.4, -0.2) is 11.5 Å². The largest absolute Gasteiger partial charge is 0.369 e. The molecule has 1 rings (SSSR count). The Morgan fingerprint density at radius 3 is 3.00 bits per heavy atom. The molecule has 0 saturated carbocycles. The molecule has 0 aliphatic heterocycles. The fourth-order valence-electron chi connectivity index (χ4n) is 0.819. The molecule has 0 aromatic carbocycles. The fraction of sp³-hybridized carbons (Fsp3) is 0.333. The van der Waals surface area contributed by atoms with Crippen molar-refractivity contribution in [1.29, 1.82) is 5.26 Å². The van der Waals surface area contributed by atoms with E-state index in [0.29, 0.717) is 13.0 Å². The Morgan fingerprint density at radius 1 is 1.58 bits per heavy atom. The summed E-state index contributed by atoms with van der Waals surface area (Å²) in [5.74, 6) is 0.829. The first kappa shape index (κ1) is 8.54. The maximum atomic E-state index is 8.28. The molecule has 1 N–H and O–H groups in total. The van der Waals surface area contributed by atoms with Crippen molar-refractivity contribution in [3.63, 3.8) is 0 Å². The van der Waals surface area contributed by atoms with Crippen molar-refractivity contribution in [3.05, 3.63) is 23.9 Å². The van der Waals surface area contributed by atoms with Gasteiger partial charge in [-0.25, -0.2) is 4.98 Å². The number of nitrogens with zero attached hydrogens (tertiary/aromatic N) is 2.